The van der Waals surface area contributed by atoms with Gasteiger partial charge in [-0.25, -0.2) is 9.79 Å². The van der Waals surface area contributed by atoms with E-state index in [-0.39, 0.29) is 5.91 Å². The molecule has 1 aliphatic rings. The molecule has 0 N–H and O–H groups in total. The summed E-state index contributed by atoms with van der Waals surface area (Å²) in [4.78, 5) is 31.7. The number of halogens is 2. The van der Waals surface area contributed by atoms with Crippen LogP contribution in [0.15, 0.2) is 79.5 Å². The fourth-order valence-electron chi connectivity index (χ4n) is 3.73. The zero-order valence-corrected chi connectivity index (χ0v) is 25.6. The zero-order valence-electron chi connectivity index (χ0n) is 21.6. The van der Waals surface area contributed by atoms with E-state index in [4.69, 9.17) is 14.2 Å². The van der Waals surface area contributed by atoms with E-state index in [1.165, 1.54) is 18.9 Å². The third kappa shape index (κ3) is 7.12. The van der Waals surface area contributed by atoms with Crippen LogP contribution in [0.25, 0.3) is 6.08 Å². The highest BCUT2D eigenvalue weighted by Crippen LogP contribution is 2.40. The van der Waals surface area contributed by atoms with Crippen LogP contribution in [-0.4, -0.2) is 42.2 Å². The standard InChI is InChI=1S/C29H26Br2N2O5S/c1-4-33-27(34)25(39-29(33)32-22-12-8-20(9-13-22)28(35)36-3)16-19-14-23(31)26(24(15-19)37-5-2)38-17-18-6-10-21(30)11-7-18/h6-16H,4-5,17H2,1-3H3/b25-16+,32-29?. The molecule has 1 aliphatic heterocycles. The highest BCUT2D eigenvalue weighted by molar-refractivity contribution is 9.10. The molecule has 1 amide bonds. The number of hydrogen-bond donors (Lipinski definition) is 0. The average Bonchev–Trinajstić information content (AvgIpc) is 3.22. The Kier molecular flexibility index (Phi) is 9.88. The molecule has 1 fully saturated rings. The van der Waals surface area contributed by atoms with E-state index in [2.05, 4.69) is 36.9 Å². The highest BCUT2D eigenvalue weighted by atomic mass is 79.9. The number of ether oxygens (including phenoxy) is 3. The molecule has 10 heteroatoms. The number of carbonyl (C=O) groups is 2. The minimum Gasteiger partial charge on any atom is -0.490 e. The second-order valence-electron chi connectivity index (χ2n) is 8.27. The number of esters is 1. The maximum atomic E-state index is 13.2. The average molecular weight is 674 g/mol. The maximum Gasteiger partial charge on any atom is 0.337 e. The van der Waals surface area contributed by atoms with Crippen LogP contribution in [0.3, 0.4) is 0 Å². The first-order valence-electron chi connectivity index (χ1n) is 12.1. The van der Waals surface area contributed by atoms with Crippen LogP contribution in [0.4, 0.5) is 5.69 Å². The van der Waals surface area contributed by atoms with Crippen molar-refractivity contribution in [1.82, 2.24) is 4.90 Å². The van der Waals surface area contributed by atoms with Crippen LogP contribution in [0.2, 0.25) is 0 Å². The lowest BCUT2D eigenvalue weighted by atomic mass is 10.1. The van der Waals surface area contributed by atoms with Gasteiger partial charge in [-0.15, -0.1) is 0 Å². The summed E-state index contributed by atoms with van der Waals surface area (Å²) in [7, 11) is 1.34. The molecule has 39 heavy (non-hydrogen) atoms. The fraction of sp³-hybridized carbons (Fsp3) is 0.207. The van der Waals surface area contributed by atoms with Crippen molar-refractivity contribution in [3.8, 4) is 11.5 Å². The van der Waals surface area contributed by atoms with Gasteiger partial charge >= 0.3 is 5.97 Å². The predicted octanol–water partition coefficient (Wildman–Crippen LogP) is 7.60. The summed E-state index contributed by atoms with van der Waals surface area (Å²) in [6.07, 6.45) is 1.82. The molecule has 0 spiro atoms. The SMILES string of the molecule is CCOc1cc(/C=C2/SC(=Nc3ccc(C(=O)OC)cc3)N(CC)C2=O)cc(Br)c1OCc1ccc(Br)cc1. The lowest BCUT2D eigenvalue weighted by Gasteiger charge is -2.15. The lowest BCUT2D eigenvalue weighted by Crippen LogP contribution is -2.28. The van der Waals surface area contributed by atoms with E-state index in [0.29, 0.717) is 52.6 Å². The number of nitrogens with zero attached hydrogens (tertiary/aromatic N) is 2. The third-order valence-electron chi connectivity index (χ3n) is 5.64. The number of benzene rings is 3. The van der Waals surface area contributed by atoms with Gasteiger partial charge in [0.15, 0.2) is 16.7 Å². The molecule has 3 aromatic carbocycles. The molecule has 4 rings (SSSR count). The Hall–Kier alpha value is -3.08. The van der Waals surface area contributed by atoms with Crippen molar-refractivity contribution in [3.05, 3.63) is 91.2 Å². The van der Waals surface area contributed by atoms with Crippen LogP contribution < -0.4 is 9.47 Å². The molecule has 1 saturated heterocycles. The first kappa shape index (κ1) is 28.9. The van der Waals surface area contributed by atoms with Gasteiger partial charge < -0.3 is 14.2 Å². The third-order valence-corrected chi connectivity index (χ3v) is 7.77. The molecule has 0 aliphatic carbocycles. The number of likely N-dealkylation sites (N-methyl/N-ethyl adjacent to an activating group) is 1. The van der Waals surface area contributed by atoms with E-state index in [9.17, 15) is 9.59 Å². The molecule has 0 unspecified atom stereocenters. The Morgan fingerprint density at radius 3 is 2.38 bits per heavy atom. The number of hydrogen-bond acceptors (Lipinski definition) is 7. The Bertz CT molecular complexity index is 1420. The summed E-state index contributed by atoms with van der Waals surface area (Å²) >= 11 is 8.36. The molecule has 0 radical (unpaired) electrons. The Morgan fingerprint density at radius 2 is 1.74 bits per heavy atom. The monoisotopic (exact) mass is 672 g/mol. The fourth-order valence-corrected chi connectivity index (χ4v) is 5.63. The summed E-state index contributed by atoms with van der Waals surface area (Å²) in [5.41, 5.74) is 2.88. The Labute approximate surface area is 248 Å². The van der Waals surface area contributed by atoms with Crippen LogP contribution in [-0.2, 0) is 16.1 Å². The number of methoxy groups -OCH3 is 1. The van der Waals surface area contributed by atoms with E-state index in [1.807, 2.05) is 56.3 Å². The smallest absolute Gasteiger partial charge is 0.337 e. The number of aliphatic imine (C=N–C) groups is 1. The van der Waals surface area contributed by atoms with Crippen LogP contribution >= 0.6 is 43.6 Å². The number of amidine groups is 1. The second-order valence-corrected chi connectivity index (χ2v) is 11.1. The zero-order chi connectivity index (χ0) is 27.9. The summed E-state index contributed by atoms with van der Waals surface area (Å²) < 4.78 is 18.5. The molecule has 0 aromatic heterocycles. The second kappa shape index (κ2) is 13.3. The first-order chi connectivity index (χ1) is 18.8. The van der Waals surface area contributed by atoms with Gasteiger partial charge in [-0.2, -0.15) is 0 Å². The number of carbonyl (C=O) groups excluding carboxylic acids is 2. The van der Waals surface area contributed by atoms with E-state index >= 15 is 0 Å². The van der Waals surface area contributed by atoms with E-state index in [1.54, 1.807) is 29.2 Å². The largest absolute Gasteiger partial charge is 0.490 e. The van der Waals surface area contributed by atoms with Crippen LogP contribution in [0.5, 0.6) is 11.5 Å². The van der Waals surface area contributed by atoms with Crippen molar-refractivity contribution in [3.63, 3.8) is 0 Å². The molecule has 7 nitrogen and oxygen atoms in total. The van der Waals surface area contributed by atoms with Crippen LogP contribution in [0.1, 0.15) is 35.3 Å². The maximum absolute atomic E-state index is 13.2. The first-order valence-corrected chi connectivity index (χ1v) is 14.5. The van der Waals surface area contributed by atoms with Crippen molar-refractivity contribution in [2.24, 2.45) is 4.99 Å². The van der Waals surface area contributed by atoms with Gasteiger partial charge in [-0.05, 0) is 107 Å². The molecule has 3 aromatic rings. The summed E-state index contributed by atoms with van der Waals surface area (Å²) in [6, 6.07) is 18.4. The van der Waals surface area contributed by atoms with Gasteiger partial charge in [0.2, 0.25) is 0 Å². The number of thioether (sulfide) groups is 1. The number of amides is 1. The van der Waals surface area contributed by atoms with Gasteiger partial charge in [-0.3, -0.25) is 9.69 Å². The molecular formula is C29H26Br2N2O5S. The molecule has 0 saturated carbocycles. The van der Waals surface area contributed by atoms with Crippen molar-refractivity contribution in [1.29, 1.82) is 0 Å². The molecule has 202 valence electrons. The van der Waals surface area contributed by atoms with Gasteiger partial charge in [0.25, 0.3) is 5.91 Å². The van der Waals surface area contributed by atoms with Crippen molar-refractivity contribution < 1.29 is 23.8 Å². The van der Waals surface area contributed by atoms with Gasteiger partial charge in [0.05, 0.1) is 34.3 Å². The minimum absolute atomic E-state index is 0.128. The van der Waals surface area contributed by atoms with E-state index < -0.39 is 5.97 Å². The lowest BCUT2D eigenvalue weighted by molar-refractivity contribution is -0.122. The van der Waals surface area contributed by atoms with Crippen molar-refractivity contribution in [2.75, 3.05) is 20.3 Å². The Morgan fingerprint density at radius 1 is 1.03 bits per heavy atom. The normalized spacial score (nSPS) is 15.2. The van der Waals surface area contributed by atoms with Crippen molar-refractivity contribution >= 4 is 72.4 Å². The summed E-state index contributed by atoms with van der Waals surface area (Å²) in [5, 5.41) is 0.568. The van der Waals surface area contributed by atoms with Gasteiger partial charge in [0.1, 0.15) is 6.61 Å². The molecule has 0 atom stereocenters. The van der Waals surface area contributed by atoms with Gasteiger partial charge in [0, 0.05) is 11.0 Å². The summed E-state index contributed by atoms with van der Waals surface area (Å²) in [5.74, 6) is 0.637. The topological polar surface area (TPSA) is 77.4 Å². The molecular weight excluding hydrogens is 648 g/mol. The quantitative estimate of drug-likeness (QED) is 0.172. The summed E-state index contributed by atoms with van der Waals surface area (Å²) in [6.45, 7) is 5.13. The highest BCUT2D eigenvalue weighted by Gasteiger charge is 2.32. The van der Waals surface area contributed by atoms with E-state index in [0.717, 1.165) is 20.1 Å². The predicted molar refractivity (Wildman–Crippen MR) is 162 cm³/mol. The van der Waals surface area contributed by atoms with Crippen LogP contribution in [0, 0.1) is 0 Å². The molecule has 0 bridgehead atoms. The number of rotatable bonds is 9. The van der Waals surface area contributed by atoms with Gasteiger partial charge in [-0.1, -0.05) is 28.1 Å². The molecule has 1 heterocycles. The van der Waals surface area contributed by atoms with Crippen molar-refractivity contribution in [2.45, 2.75) is 20.5 Å². The minimum atomic E-state index is -0.414. The Balaban J connectivity index is 1.58.